The van der Waals surface area contributed by atoms with Gasteiger partial charge in [0.25, 0.3) is 0 Å². The number of rotatable bonds is 8. The standard InChI is InChI=1S/C12H25O9S.CH3/c13-1-5(15)10(19)12(21)11(20)7(17)4-22-3-6(16)9(18)8(22)2-14;/h5-21H,1-4H2;1H3/q+1;-1/t5-,6+,7+,8+,9-,10+,11+,12+,22?;/m0./s1. The summed E-state index contributed by atoms with van der Waals surface area (Å²) in [6.45, 7) is -1.21. The largest absolute Gasteiger partial charge is 0.394 e. The van der Waals surface area contributed by atoms with E-state index in [1.165, 1.54) is 0 Å². The van der Waals surface area contributed by atoms with Gasteiger partial charge in [0, 0.05) is 10.9 Å². The molecule has 1 saturated heterocycles. The molecule has 0 saturated carbocycles. The molecule has 1 fully saturated rings. The Hall–Kier alpha value is -0.0100. The summed E-state index contributed by atoms with van der Waals surface area (Å²) in [6, 6.07) is 0. The molecule has 10 heteroatoms. The van der Waals surface area contributed by atoms with Crippen LogP contribution in [0.3, 0.4) is 0 Å². The SMILES string of the molecule is OC[C@@H]1[C@@H](O)[C@H](O)C[S+]1C[C@@H](O)[C@@H](O)[C@H](O)[C@H](O)[C@@H](O)CO.[CH3-]. The lowest BCUT2D eigenvalue weighted by molar-refractivity contribution is -0.136. The van der Waals surface area contributed by atoms with Gasteiger partial charge in [-0.25, -0.2) is 0 Å². The van der Waals surface area contributed by atoms with Gasteiger partial charge in [0.15, 0.2) is 5.25 Å². The monoisotopic (exact) mass is 360 g/mol. The molecular weight excluding hydrogens is 332 g/mol. The zero-order valence-corrected chi connectivity index (χ0v) is 13.7. The second-order valence-corrected chi connectivity index (χ2v) is 7.79. The lowest BCUT2D eigenvalue weighted by Gasteiger charge is -2.28. The Morgan fingerprint density at radius 3 is 1.87 bits per heavy atom. The molecule has 9 N–H and O–H groups in total. The van der Waals surface area contributed by atoms with E-state index in [4.69, 9.17) is 5.11 Å². The number of aliphatic hydroxyl groups is 9. The van der Waals surface area contributed by atoms with Crippen molar-refractivity contribution in [2.24, 2.45) is 0 Å². The Balaban J connectivity index is 0.00000484. The van der Waals surface area contributed by atoms with Gasteiger partial charge in [-0.2, -0.15) is 0 Å². The highest BCUT2D eigenvalue weighted by molar-refractivity contribution is 7.97. The van der Waals surface area contributed by atoms with Crippen LogP contribution in [0.1, 0.15) is 0 Å². The van der Waals surface area contributed by atoms with Crippen molar-refractivity contribution in [3.8, 4) is 0 Å². The first-order valence-electron chi connectivity index (χ1n) is 6.89. The summed E-state index contributed by atoms with van der Waals surface area (Å²) in [7, 11) is -0.783. The second kappa shape index (κ2) is 10.1. The zero-order chi connectivity index (χ0) is 17.0. The topological polar surface area (TPSA) is 182 Å². The van der Waals surface area contributed by atoms with Crippen molar-refractivity contribution in [2.45, 2.75) is 48.0 Å². The van der Waals surface area contributed by atoms with Crippen LogP contribution in [0, 0.1) is 7.43 Å². The van der Waals surface area contributed by atoms with Crippen molar-refractivity contribution in [1.29, 1.82) is 0 Å². The molecule has 1 unspecified atom stereocenters. The van der Waals surface area contributed by atoms with Crippen molar-refractivity contribution < 1.29 is 46.0 Å². The van der Waals surface area contributed by atoms with E-state index in [1.807, 2.05) is 0 Å². The third-order valence-electron chi connectivity index (χ3n) is 3.83. The molecule has 0 radical (unpaired) electrons. The van der Waals surface area contributed by atoms with Gasteiger partial charge in [-0.1, -0.05) is 0 Å². The van der Waals surface area contributed by atoms with Crippen LogP contribution in [-0.4, -0.2) is 119 Å². The maximum atomic E-state index is 9.93. The first-order valence-corrected chi connectivity index (χ1v) is 8.51. The van der Waals surface area contributed by atoms with Gasteiger partial charge in [-0.05, 0) is 0 Å². The number of hydrogen-bond donors (Lipinski definition) is 9. The lowest BCUT2D eigenvalue weighted by Crippen LogP contribution is -2.52. The van der Waals surface area contributed by atoms with E-state index >= 15 is 0 Å². The van der Waals surface area contributed by atoms with Crippen LogP contribution in [0.5, 0.6) is 0 Å². The highest BCUT2D eigenvalue weighted by Crippen LogP contribution is 2.25. The Kier molecular flexibility index (Phi) is 10.1. The highest BCUT2D eigenvalue weighted by atomic mass is 32.2. The maximum Gasteiger partial charge on any atom is 0.169 e. The van der Waals surface area contributed by atoms with Gasteiger partial charge in [0.2, 0.25) is 0 Å². The molecule has 9 nitrogen and oxygen atoms in total. The molecule has 0 aromatic carbocycles. The first-order chi connectivity index (χ1) is 10.2. The van der Waals surface area contributed by atoms with Crippen LogP contribution in [0.15, 0.2) is 0 Å². The molecule has 1 heterocycles. The predicted octanol–water partition coefficient (Wildman–Crippen LogP) is -5.05. The van der Waals surface area contributed by atoms with Crippen molar-refractivity contribution in [3.05, 3.63) is 7.43 Å². The molecule has 0 aliphatic carbocycles. The summed E-state index contributed by atoms with van der Waals surface area (Å²) in [6.07, 6.45) is -10.8. The van der Waals surface area contributed by atoms with Gasteiger partial charge in [-0.3, -0.25) is 0 Å². The molecule has 1 aliphatic rings. The van der Waals surface area contributed by atoms with Crippen LogP contribution in [-0.2, 0) is 10.9 Å². The average Bonchev–Trinajstić information content (AvgIpc) is 2.77. The maximum absolute atomic E-state index is 9.93. The minimum absolute atomic E-state index is 0. The van der Waals surface area contributed by atoms with Crippen LogP contribution in [0.25, 0.3) is 0 Å². The summed E-state index contributed by atoms with van der Waals surface area (Å²) in [5, 5.41) is 84.7. The van der Waals surface area contributed by atoms with Gasteiger partial charge in [0.1, 0.15) is 54.2 Å². The zero-order valence-electron chi connectivity index (χ0n) is 12.9. The normalized spacial score (nSPS) is 34.3. The van der Waals surface area contributed by atoms with E-state index in [0.717, 1.165) is 0 Å². The molecule has 0 amide bonds. The van der Waals surface area contributed by atoms with Crippen molar-refractivity contribution in [3.63, 3.8) is 0 Å². The summed E-state index contributed by atoms with van der Waals surface area (Å²) >= 11 is 0. The number of aliphatic hydroxyl groups excluding tert-OH is 9. The van der Waals surface area contributed by atoms with E-state index in [0.29, 0.717) is 0 Å². The lowest BCUT2D eigenvalue weighted by atomic mass is 10.0. The first kappa shape index (κ1) is 23.0. The molecule has 0 aromatic heterocycles. The smallest absolute Gasteiger partial charge is 0.169 e. The van der Waals surface area contributed by atoms with E-state index in [2.05, 4.69) is 0 Å². The molecule has 9 atom stereocenters. The van der Waals surface area contributed by atoms with Crippen LogP contribution in [0.4, 0.5) is 0 Å². The Labute approximate surface area is 137 Å². The quantitative estimate of drug-likeness (QED) is 0.151. The molecule has 0 aromatic rings. The summed E-state index contributed by atoms with van der Waals surface area (Å²) in [5.74, 6) is 0.0492. The van der Waals surface area contributed by atoms with Crippen LogP contribution >= 0.6 is 0 Å². The highest BCUT2D eigenvalue weighted by Gasteiger charge is 2.51. The molecule has 1 rings (SSSR count). The van der Waals surface area contributed by atoms with E-state index in [9.17, 15) is 40.9 Å². The molecule has 23 heavy (non-hydrogen) atoms. The van der Waals surface area contributed by atoms with E-state index < -0.39 is 72.1 Å². The van der Waals surface area contributed by atoms with Crippen molar-refractivity contribution in [2.75, 3.05) is 24.7 Å². The molecule has 1 aliphatic heterocycles. The van der Waals surface area contributed by atoms with E-state index in [-0.39, 0.29) is 18.9 Å². The van der Waals surface area contributed by atoms with Gasteiger partial charge in [-0.15, -0.1) is 0 Å². The van der Waals surface area contributed by atoms with Gasteiger partial charge in [0.05, 0.1) is 13.2 Å². The summed E-state index contributed by atoms with van der Waals surface area (Å²) in [5.41, 5.74) is 0. The molecule has 140 valence electrons. The minimum atomic E-state index is -1.88. The predicted molar refractivity (Wildman–Crippen MR) is 83.5 cm³/mol. The van der Waals surface area contributed by atoms with Crippen molar-refractivity contribution in [1.82, 2.24) is 0 Å². The van der Waals surface area contributed by atoms with Crippen LogP contribution in [0.2, 0.25) is 0 Å². The number of hydrogen-bond acceptors (Lipinski definition) is 9. The summed E-state index contributed by atoms with van der Waals surface area (Å²) < 4.78 is 0. The fourth-order valence-electron chi connectivity index (χ4n) is 2.37. The Bertz CT molecular complexity index is 335. The Morgan fingerprint density at radius 1 is 0.870 bits per heavy atom. The second-order valence-electron chi connectivity index (χ2n) is 5.44. The third-order valence-corrected chi connectivity index (χ3v) is 6.65. The fraction of sp³-hybridized carbons (Fsp3) is 0.923. The molecule has 0 bridgehead atoms. The fourth-order valence-corrected chi connectivity index (χ4v) is 5.06. The van der Waals surface area contributed by atoms with Gasteiger partial charge >= 0.3 is 0 Å². The van der Waals surface area contributed by atoms with Crippen LogP contribution < -0.4 is 0 Å². The van der Waals surface area contributed by atoms with E-state index in [1.54, 1.807) is 0 Å². The van der Waals surface area contributed by atoms with Crippen molar-refractivity contribution >= 4 is 10.9 Å². The minimum Gasteiger partial charge on any atom is -0.394 e. The average molecular weight is 360 g/mol. The Morgan fingerprint density at radius 2 is 1.39 bits per heavy atom. The molecular formula is C13H28O9S. The van der Waals surface area contributed by atoms with Gasteiger partial charge < -0.3 is 53.4 Å². The molecule has 0 spiro atoms. The third kappa shape index (κ3) is 5.49. The summed E-state index contributed by atoms with van der Waals surface area (Å²) in [4.78, 5) is 0.